The van der Waals surface area contributed by atoms with Crippen molar-refractivity contribution in [1.82, 2.24) is 9.97 Å². The van der Waals surface area contributed by atoms with E-state index in [-0.39, 0.29) is 45.6 Å². The molecule has 0 radical (unpaired) electrons. The van der Waals surface area contributed by atoms with Crippen molar-refractivity contribution in [2.45, 2.75) is 66.2 Å². The first kappa shape index (κ1) is 42.9. The number of hydrogen-bond donors (Lipinski definition) is 6. The Morgan fingerprint density at radius 2 is 0.828 bits per heavy atom. The Morgan fingerprint density at radius 1 is 0.500 bits per heavy atom. The maximum absolute atomic E-state index is 13.9. The van der Waals surface area contributed by atoms with Gasteiger partial charge in [-0.3, -0.25) is 19.6 Å². The molecule has 2 heterocycles. The lowest BCUT2D eigenvalue weighted by Crippen LogP contribution is -2.17. The van der Waals surface area contributed by atoms with Crippen molar-refractivity contribution in [2.24, 2.45) is 0 Å². The van der Waals surface area contributed by atoms with Crippen LogP contribution >= 0.6 is 0 Å². The van der Waals surface area contributed by atoms with Gasteiger partial charge in [0.25, 0.3) is 0 Å². The van der Waals surface area contributed by atoms with Crippen LogP contribution in [0.3, 0.4) is 0 Å². The second-order valence-corrected chi connectivity index (χ2v) is 17.0. The molecule has 0 fully saturated rings. The fraction of sp³-hybridized carbons (Fsp3) is 0.185. The van der Waals surface area contributed by atoms with Crippen LogP contribution in [-0.4, -0.2) is 42.0 Å². The minimum Gasteiger partial charge on any atom is -0.507 e. The third kappa shape index (κ3) is 8.06. The van der Waals surface area contributed by atoms with Gasteiger partial charge >= 0.3 is 0 Å². The highest BCUT2D eigenvalue weighted by atomic mass is 16.3. The Hall–Kier alpha value is -7.72. The summed E-state index contributed by atoms with van der Waals surface area (Å²) in [6.07, 6.45) is 14.3. The number of benzene rings is 4. The maximum atomic E-state index is 13.9. The lowest BCUT2D eigenvalue weighted by Gasteiger charge is -2.30. The molecule has 6 N–H and O–H groups in total. The molecule has 2 aliphatic rings. The van der Waals surface area contributed by atoms with E-state index in [2.05, 4.69) is 20.6 Å². The molecule has 0 saturated heterocycles. The molecule has 0 aliphatic heterocycles. The number of phenolic OH excluding ortho intramolecular Hbond substituents is 2. The number of nitrogens with zero attached hydrogens (tertiary/aromatic N) is 2. The molecule has 64 heavy (non-hydrogen) atoms. The monoisotopic (exact) mass is 850 g/mol. The molecule has 0 unspecified atom stereocenters. The van der Waals surface area contributed by atoms with Gasteiger partial charge in [-0.2, -0.15) is 0 Å². The van der Waals surface area contributed by atoms with Crippen LogP contribution in [0.15, 0.2) is 122 Å². The number of Topliss-reactive ketones (excluding diaryl/α,β-unsaturated/α-hetero) is 2. The molecule has 10 heteroatoms. The van der Waals surface area contributed by atoms with Gasteiger partial charge in [-0.05, 0) is 155 Å². The van der Waals surface area contributed by atoms with E-state index in [9.17, 15) is 30.0 Å². The maximum Gasteiger partial charge on any atom is 0.229 e. The van der Waals surface area contributed by atoms with Gasteiger partial charge in [-0.25, -0.2) is 0 Å². The van der Waals surface area contributed by atoms with Crippen molar-refractivity contribution in [3.8, 4) is 22.6 Å². The number of hydrogen-bond acceptors (Lipinski definition) is 10. The number of pyridine rings is 2. The van der Waals surface area contributed by atoms with Crippen molar-refractivity contribution in [2.75, 3.05) is 10.6 Å². The SMILES string of the molecule is Cc1c(-c2c(C)c(C(C)C)c3c(c2O)/C(=C/Nc2ccc(Cc4ccncc4)cc2)C(=O)C(O)=C3)c(O)c2c(c1C(C)C)C=C(O)C(=O)/C2=C\Nc1ccc(Cc2ccncc2)cc1. The van der Waals surface area contributed by atoms with E-state index < -0.39 is 23.1 Å². The minimum absolute atomic E-state index is 0.0373. The number of carbonyl (C=O) groups excluding carboxylic acids is 2. The van der Waals surface area contributed by atoms with Crippen LogP contribution in [0.2, 0.25) is 0 Å². The van der Waals surface area contributed by atoms with Gasteiger partial charge in [0.2, 0.25) is 11.6 Å². The molecule has 322 valence electrons. The van der Waals surface area contributed by atoms with Gasteiger partial charge in [0, 0.05) is 70.8 Å². The molecule has 2 aromatic heterocycles. The number of allylic oxidation sites excluding steroid dienone is 2. The van der Waals surface area contributed by atoms with E-state index in [1.807, 2.05) is 114 Å². The van der Waals surface area contributed by atoms with Crippen molar-refractivity contribution in [1.29, 1.82) is 0 Å². The van der Waals surface area contributed by atoms with Crippen LogP contribution in [0.4, 0.5) is 11.4 Å². The first-order valence-corrected chi connectivity index (χ1v) is 21.3. The number of phenols is 2. The molecule has 0 bridgehead atoms. The topological polar surface area (TPSA) is 165 Å². The Bertz CT molecular complexity index is 2740. The molecule has 0 spiro atoms. The number of anilines is 2. The van der Waals surface area contributed by atoms with E-state index >= 15 is 0 Å². The molecule has 4 aromatic carbocycles. The van der Waals surface area contributed by atoms with Crippen LogP contribution in [0, 0.1) is 13.8 Å². The largest absolute Gasteiger partial charge is 0.507 e. The molecule has 0 atom stereocenters. The van der Waals surface area contributed by atoms with E-state index in [4.69, 9.17) is 0 Å². The Labute approximate surface area is 372 Å². The number of fused-ring (bicyclic) bond motifs is 2. The van der Waals surface area contributed by atoms with Crippen LogP contribution in [0.5, 0.6) is 11.5 Å². The number of rotatable bonds is 11. The number of nitrogens with one attached hydrogen (secondary N) is 2. The minimum atomic E-state index is -0.684. The first-order chi connectivity index (χ1) is 30.7. The number of aliphatic hydroxyl groups excluding tert-OH is 2. The quantitative estimate of drug-likeness (QED) is 0.0691. The predicted octanol–water partition coefficient (Wildman–Crippen LogP) is 11.5. The van der Waals surface area contributed by atoms with E-state index in [0.29, 0.717) is 44.8 Å². The molecule has 10 nitrogen and oxygen atoms in total. The summed E-state index contributed by atoms with van der Waals surface area (Å²) in [7, 11) is 0. The Morgan fingerprint density at radius 3 is 1.16 bits per heavy atom. The molecule has 8 rings (SSSR count). The number of aromatic hydroxyl groups is 2. The summed E-state index contributed by atoms with van der Waals surface area (Å²) in [5.41, 5.74) is 10.6. The van der Waals surface area contributed by atoms with E-state index in [0.717, 1.165) is 46.2 Å². The van der Waals surface area contributed by atoms with Crippen LogP contribution in [0.25, 0.3) is 34.4 Å². The molecule has 0 saturated carbocycles. The summed E-state index contributed by atoms with van der Waals surface area (Å²) in [4.78, 5) is 36.0. The van der Waals surface area contributed by atoms with Gasteiger partial charge in [0.05, 0.1) is 11.1 Å². The summed E-state index contributed by atoms with van der Waals surface area (Å²) in [5, 5.41) is 53.9. The zero-order chi connectivity index (χ0) is 45.4. The second-order valence-electron chi connectivity index (χ2n) is 17.0. The third-order valence-corrected chi connectivity index (χ3v) is 12.1. The van der Waals surface area contributed by atoms with Crippen molar-refractivity contribution >= 4 is 46.2 Å². The third-order valence-electron chi connectivity index (χ3n) is 12.1. The molecule has 0 amide bonds. The number of aliphatic hydroxyl groups is 2. The zero-order valence-electron chi connectivity index (χ0n) is 36.6. The van der Waals surface area contributed by atoms with Gasteiger partial charge < -0.3 is 31.1 Å². The molecular weight excluding hydrogens is 801 g/mol. The second kappa shape index (κ2) is 17.6. The highest BCUT2D eigenvalue weighted by Crippen LogP contribution is 2.54. The van der Waals surface area contributed by atoms with Crippen molar-refractivity contribution in [3.63, 3.8) is 0 Å². The normalized spacial score (nSPS) is 14.8. The molecule has 2 aliphatic carbocycles. The summed E-state index contributed by atoms with van der Waals surface area (Å²) in [5.74, 6) is -3.14. The smallest absolute Gasteiger partial charge is 0.229 e. The van der Waals surface area contributed by atoms with Gasteiger partial charge in [0.15, 0.2) is 11.5 Å². The van der Waals surface area contributed by atoms with Crippen molar-refractivity contribution in [3.05, 3.63) is 188 Å². The van der Waals surface area contributed by atoms with Gasteiger partial charge in [-0.1, -0.05) is 52.0 Å². The number of aromatic nitrogens is 2. The zero-order valence-corrected chi connectivity index (χ0v) is 36.6. The van der Waals surface area contributed by atoms with Crippen molar-refractivity contribution < 1.29 is 30.0 Å². The first-order valence-electron chi connectivity index (χ1n) is 21.3. The van der Waals surface area contributed by atoms with Crippen LogP contribution in [0.1, 0.15) is 106 Å². The Kier molecular flexibility index (Phi) is 11.8. The van der Waals surface area contributed by atoms with Crippen LogP contribution in [-0.2, 0) is 22.4 Å². The predicted molar refractivity (Wildman–Crippen MR) is 254 cm³/mol. The van der Waals surface area contributed by atoms with Gasteiger partial charge in [0.1, 0.15) is 11.5 Å². The summed E-state index contributed by atoms with van der Waals surface area (Å²) >= 11 is 0. The highest BCUT2D eigenvalue weighted by molar-refractivity contribution is 6.34. The lowest BCUT2D eigenvalue weighted by atomic mass is 9.74. The van der Waals surface area contributed by atoms with E-state index in [1.54, 1.807) is 24.8 Å². The summed E-state index contributed by atoms with van der Waals surface area (Å²) < 4.78 is 0. The molecular formula is C54H50N4O6. The molecule has 6 aromatic rings. The Balaban J connectivity index is 1.25. The summed E-state index contributed by atoms with van der Waals surface area (Å²) in [6.45, 7) is 11.7. The highest BCUT2D eigenvalue weighted by Gasteiger charge is 2.37. The number of ketones is 2. The fourth-order valence-corrected chi connectivity index (χ4v) is 9.15. The van der Waals surface area contributed by atoms with Crippen LogP contribution < -0.4 is 10.6 Å². The average Bonchev–Trinajstić information content (AvgIpc) is 3.27. The van der Waals surface area contributed by atoms with E-state index in [1.165, 1.54) is 24.6 Å². The lowest BCUT2D eigenvalue weighted by molar-refractivity contribution is -0.113. The standard InChI is InChI=1S/C54H50N4O6/c1-29(2)45-31(5)47(53(63)49-39(45)25-43(59)51(61)41(49)27-57-37-11-7-33(8-12-37)23-35-15-19-55-20-16-35)48-32(6)46(30(3)4)40-26-44(60)52(62)42(50(40)54(48)64)28-58-38-13-9-34(10-14-38)24-36-17-21-56-22-18-36/h7-22,25-30,57-60,63-64H,23-24H2,1-6H3/b41-27-,42-28-. The summed E-state index contributed by atoms with van der Waals surface area (Å²) in [6, 6.07) is 23.4. The van der Waals surface area contributed by atoms with Gasteiger partial charge in [-0.15, -0.1) is 0 Å². The number of carbonyl (C=O) groups is 2. The average molecular weight is 851 g/mol. The fourth-order valence-electron chi connectivity index (χ4n) is 9.15.